The van der Waals surface area contributed by atoms with Gasteiger partial charge in [0.2, 0.25) is 0 Å². The van der Waals surface area contributed by atoms with Gasteiger partial charge in [0.25, 0.3) is 0 Å². The Morgan fingerprint density at radius 2 is 1.88 bits per heavy atom. The molecule has 92 valence electrons. The van der Waals surface area contributed by atoms with Crippen LogP contribution in [0, 0.1) is 5.92 Å². The van der Waals surface area contributed by atoms with E-state index in [1.54, 1.807) is 5.01 Å². The van der Waals surface area contributed by atoms with Crippen LogP contribution in [0.5, 0.6) is 0 Å². The zero-order valence-electron chi connectivity index (χ0n) is 10.8. The standard InChI is InChI=1S/C12H23N3O/c1-9-5-7-12(8-6-9)13-10(16)15(14-12)11(2,3)4/h9,14H,5-8H2,1-4H3,(H,13,16). The molecule has 2 fully saturated rings. The summed E-state index contributed by atoms with van der Waals surface area (Å²) in [6.07, 6.45) is 4.44. The van der Waals surface area contributed by atoms with Crippen molar-refractivity contribution in [2.45, 2.75) is 64.6 Å². The molecule has 1 spiro atoms. The summed E-state index contributed by atoms with van der Waals surface area (Å²) in [6, 6.07) is 0.0158. The highest BCUT2D eigenvalue weighted by Gasteiger charge is 2.46. The summed E-state index contributed by atoms with van der Waals surface area (Å²) < 4.78 is 0. The van der Waals surface area contributed by atoms with Crippen molar-refractivity contribution in [3.8, 4) is 0 Å². The lowest BCUT2D eigenvalue weighted by atomic mass is 9.83. The van der Waals surface area contributed by atoms with E-state index in [-0.39, 0.29) is 17.2 Å². The van der Waals surface area contributed by atoms with E-state index in [1.165, 1.54) is 12.8 Å². The predicted molar refractivity (Wildman–Crippen MR) is 63.6 cm³/mol. The van der Waals surface area contributed by atoms with Gasteiger partial charge in [0.15, 0.2) is 0 Å². The van der Waals surface area contributed by atoms with Gasteiger partial charge in [-0.3, -0.25) is 5.01 Å². The van der Waals surface area contributed by atoms with Crippen LogP contribution >= 0.6 is 0 Å². The fraction of sp³-hybridized carbons (Fsp3) is 0.917. The minimum absolute atomic E-state index is 0.0158. The molecule has 4 nitrogen and oxygen atoms in total. The van der Waals surface area contributed by atoms with Crippen molar-refractivity contribution in [2.24, 2.45) is 5.92 Å². The van der Waals surface area contributed by atoms with Crippen molar-refractivity contribution >= 4 is 6.03 Å². The summed E-state index contributed by atoms with van der Waals surface area (Å²) in [5, 5.41) is 4.86. The molecule has 1 aliphatic carbocycles. The number of carbonyl (C=O) groups excluding carboxylic acids is 1. The molecule has 1 heterocycles. The highest BCUT2D eigenvalue weighted by atomic mass is 16.2. The van der Waals surface area contributed by atoms with Gasteiger partial charge in [-0.25, -0.2) is 10.2 Å². The molecule has 4 heteroatoms. The van der Waals surface area contributed by atoms with Gasteiger partial charge < -0.3 is 5.32 Å². The summed E-state index contributed by atoms with van der Waals surface area (Å²) in [5.74, 6) is 0.785. The van der Waals surface area contributed by atoms with Crippen molar-refractivity contribution < 1.29 is 4.79 Å². The Kier molecular flexibility index (Phi) is 2.65. The minimum atomic E-state index is -0.170. The molecule has 1 saturated carbocycles. The van der Waals surface area contributed by atoms with Gasteiger partial charge in [0.1, 0.15) is 5.66 Å². The molecule has 0 atom stereocenters. The van der Waals surface area contributed by atoms with Crippen molar-refractivity contribution in [1.82, 2.24) is 15.8 Å². The zero-order valence-corrected chi connectivity index (χ0v) is 10.8. The van der Waals surface area contributed by atoms with Gasteiger partial charge in [-0.2, -0.15) is 0 Å². The summed E-state index contributed by atoms with van der Waals surface area (Å²) >= 11 is 0. The molecule has 0 aromatic rings. The Balaban J connectivity index is 2.09. The van der Waals surface area contributed by atoms with Crippen LogP contribution in [0.2, 0.25) is 0 Å². The fourth-order valence-electron chi connectivity index (χ4n) is 2.52. The summed E-state index contributed by atoms with van der Waals surface area (Å²) in [4.78, 5) is 11.9. The van der Waals surface area contributed by atoms with Gasteiger partial charge in [0, 0.05) is 0 Å². The van der Waals surface area contributed by atoms with Crippen molar-refractivity contribution in [2.75, 3.05) is 0 Å². The van der Waals surface area contributed by atoms with Gasteiger partial charge in [-0.05, 0) is 52.4 Å². The van der Waals surface area contributed by atoms with Gasteiger partial charge in [-0.1, -0.05) is 6.92 Å². The third-order valence-electron chi connectivity index (χ3n) is 3.67. The van der Waals surface area contributed by atoms with E-state index in [1.807, 2.05) is 20.8 Å². The molecular formula is C12H23N3O. The molecule has 1 aliphatic heterocycles. The first-order chi connectivity index (χ1) is 7.32. The molecule has 0 aromatic heterocycles. The molecule has 2 rings (SSSR count). The molecule has 0 radical (unpaired) electrons. The van der Waals surface area contributed by atoms with Crippen LogP contribution in [-0.4, -0.2) is 22.2 Å². The van der Waals surface area contributed by atoms with Gasteiger partial charge in [0.05, 0.1) is 5.54 Å². The topological polar surface area (TPSA) is 44.4 Å². The Morgan fingerprint density at radius 3 is 2.31 bits per heavy atom. The SMILES string of the molecule is CC1CCC2(CC1)NC(=O)N(C(C)(C)C)N2. The van der Waals surface area contributed by atoms with Crippen LogP contribution in [0.15, 0.2) is 0 Å². The third kappa shape index (κ3) is 2.03. The van der Waals surface area contributed by atoms with Crippen LogP contribution in [0.3, 0.4) is 0 Å². The maximum absolute atomic E-state index is 11.9. The van der Waals surface area contributed by atoms with Crippen molar-refractivity contribution in [3.63, 3.8) is 0 Å². The average Bonchev–Trinajstić information content (AvgIpc) is 2.49. The van der Waals surface area contributed by atoms with E-state index < -0.39 is 0 Å². The number of nitrogens with one attached hydrogen (secondary N) is 2. The van der Waals surface area contributed by atoms with Crippen LogP contribution < -0.4 is 10.7 Å². The normalized spacial score (nSPS) is 35.6. The molecule has 0 unspecified atom stereocenters. The quantitative estimate of drug-likeness (QED) is 0.664. The number of hydrogen-bond donors (Lipinski definition) is 2. The smallest absolute Gasteiger partial charge is 0.317 e. The lowest BCUT2D eigenvalue weighted by Crippen LogP contribution is -2.56. The Hall–Kier alpha value is -0.770. The lowest BCUT2D eigenvalue weighted by Gasteiger charge is -2.38. The molecule has 0 aromatic carbocycles. The first kappa shape index (κ1) is 11.7. The first-order valence-electron chi connectivity index (χ1n) is 6.23. The van der Waals surface area contributed by atoms with Crippen LogP contribution in [0.25, 0.3) is 0 Å². The molecule has 2 aliphatic rings. The average molecular weight is 225 g/mol. The molecule has 0 bridgehead atoms. The Morgan fingerprint density at radius 1 is 1.31 bits per heavy atom. The number of hydrazine groups is 1. The molecule has 2 amide bonds. The predicted octanol–water partition coefficient (Wildman–Crippen LogP) is 2.22. The number of amides is 2. The third-order valence-corrected chi connectivity index (χ3v) is 3.67. The summed E-state index contributed by atoms with van der Waals surface area (Å²) in [7, 11) is 0. The molecular weight excluding hydrogens is 202 g/mol. The number of nitrogens with zero attached hydrogens (tertiary/aromatic N) is 1. The zero-order chi connectivity index (χ0) is 12.0. The lowest BCUT2D eigenvalue weighted by molar-refractivity contribution is 0.0823. The minimum Gasteiger partial charge on any atom is -0.317 e. The Bertz CT molecular complexity index is 287. The number of hydrogen-bond acceptors (Lipinski definition) is 2. The maximum atomic E-state index is 11.9. The van der Waals surface area contributed by atoms with Crippen LogP contribution in [0.1, 0.15) is 53.4 Å². The fourth-order valence-corrected chi connectivity index (χ4v) is 2.52. The summed E-state index contributed by atoms with van der Waals surface area (Å²) in [6.45, 7) is 8.42. The van der Waals surface area contributed by atoms with E-state index in [4.69, 9.17) is 0 Å². The maximum Gasteiger partial charge on any atom is 0.333 e. The highest BCUT2D eigenvalue weighted by Crippen LogP contribution is 2.34. The van der Waals surface area contributed by atoms with E-state index >= 15 is 0 Å². The van der Waals surface area contributed by atoms with Crippen molar-refractivity contribution in [3.05, 3.63) is 0 Å². The first-order valence-corrected chi connectivity index (χ1v) is 6.23. The van der Waals surface area contributed by atoms with Gasteiger partial charge in [-0.15, -0.1) is 0 Å². The number of rotatable bonds is 0. The summed E-state index contributed by atoms with van der Waals surface area (Å²) in [5.41, 5.74) is 3.05. The van der Waals surface area contributed by atoms with Crippen LogP contribution in [-0.2, 0) is 0 Å². The largest absolute Gasteiger partial charge is 0.333 e. The Labute approximate surface area is 97.7 Å². The molecule has 2 N–H and O–H groups in total. The van der Waals surface area contributed by atoms with Crippen molar-refractivity contribution in [1.29, 1.82) is 0 Å². The van der Waals surface area contributed by atoms with Crippen LogP contribution in [0.4, 0.5) is 4.79 Å². The van der Waals surface area contributed by atoms with E-state index in [2.05, 4.69) is 17.7 Å². The monoisotopic (exact) mass is 225 g/mol. The number of urea groups is 1. The molecule has 1 saturated heterocycles. The van der Waals surface area contributed by atoms with E-state index in [9.17, 15) is 4.79 Å². The molecule has 16 heavy (non-hydrogen) atoms. The second-order valence-corrected chi connectivity index (χ2v) is 6.31. The second-order valence-electron chi connectivity index (χ2n) is 6.31. The van der Waals surface area contributed by atoms with E-state index in [0.717, 1.165) is 18.8 Å². The van der Waals surface area contributed by atoms with Gasteiger partial charge >= 0.3 is 6.03 Å². The number of carbonyl (C=O) groups is 1. The second kappa shape index (κ2) is 3.62. The van der Waals surface area contributed by atoms with E-state index in [0.29, 0.717) is 0 Å². The highest BCUT2D eigenvalue weighted by molar-refractivity contribution is 5.77.